The number of methoxy groups -OCH3 is 1. The topological polar surface area (TPSA) is 65.4 Å². The minimum absolute atomic E-state index is 0.0691. The predicted molar refractivity (Wildman–Crippen MR) is 95.3 cm³/mol. The van der Waals surface area contributed by atoms with Crippen LogP contribution in [0.15, 0.2) is 24.4 Å². The first kappa shape index (κ1) is 17.3. The molecule has 6 heteroatoms. The molecule has 0 saturated heterocycles. The van der Waals surface area contributed by atoms with Gasteiger partial charge in [0, 0.05) is 31.3 Å². The average molecular weight is 343 g/mol. The lowest BCUT2D eigenvalue weighted by Crippen LogP contribution is -2.34. The molecule has 134 valence electrons. The molecule has 1 aliphatic rings. The van der Waals surface area contributed by atoms with E-state index in [1.165, 1.54) is 0 Å². The van der Waals surface area contributed by atoms with Crippen LogP contribution in [0.2, 0.25) is 0 Å². The van der Waals surface area contributed by atoms with Gasteiger partial charge in [-0.2, -0.15) is 5.10 Å². The van der Waals surface area contributed by atoms with E-state index in [0.717, 1.165) is 42.1 Å². The zero-order valence-electron chi connectivity index (χ0n) is 15.0. The Labute approximate surface area is 148 Å². The van der Waals surface area contributed by atoms with Crippen LogP contribution in [-0.2, 0) is 13.0 Å². The number of carbonyl (C=O) groups excluding carboxylic acids is 1. The summed E-state index contributed by atoms with van der Waals surface area (Å²) in [6, 6.07) is 5.88. The van der Waals surface area contributed by atoms with E-state index in [1.54, 1.807) is 7.11 Å². The third kappa shape index (κ3) is 3.95. The second-order valence-corrected chi connectivity index (χ2v) is 6.46. The zero-order valence-corrected chi connectivity index (χ0v) is 15.0. The van der Waals surface area contributed by atoms with Crippen LogP contribution in [0.5, 0.6) is 11.5 Å². The van der Waals surface area contributed by atoms with Crippen LogP contribution in [0.4, 0.5) is 0 Å². The fourth-order valence-corrected chi connectivity index (χ4v) is 3.09. The van der Waals surface area contributed by atoms with E-state index in [9.17, 15) is 4.79 Å². The second-order valence-electron chi connectivity index (χ2n) is 6.46. The molecule has 1 aromatic carbocycles. The lowest BCUT2D eigenvalue weighted by Gasteiger charge is -2.25. The standard InChI is InChI=1S/C19H25N3O3/c1-4-7-22-11-17(13(2)21-22)19(23)20-10-14-8-15-5-6-16(24-3)9-18(15)25-12-14/h5-6,9,11,14H,4,7-8,10,12H2,1-3H3,(H,20,23)/t14-/m1/s1. The summed E-state index contributed by atoms with van der Waals surface area (Å²) in [6.45, 7) is 5.96. The molecule has 1 aliphatic heterocycles. The molecule has 6 nitrogen and oxygen atoms in total. The van der Waals surface area contributed by atoms with Crippen molar-refractivity contribution < 1.29 is 14.3 Å². The van der Waals surface area contributed by atoms with Crippen molar-refractivity contribution in [2.45, 2.75) is 33.2 Å². The number of fused-ring (bicyclic) bond motifs is 1. The Morgan fingerprint density at radius 3 is 3.08 bits per heavy atom. The molecule has 2 aromatic rings. The van der Waals surface area contributed by atoms with E-state index in [0.29, 0.717) is 18.7 Å². The smallest absolute Gasteiger partial charge is 0.254 e. The molecule has 0 bridgehead atoms. The number of carbonyl (C=O) groups is 1. The zero-order chi connectivity index (χ0) is 17.8. The van der Waals surface area contributed by atoms with E-state index in [4.69, 9.17) is 9.47 Å². The Bertz CT molecular complexity index is 754. The van der Waals surface area contributed by atoms with E-state index < -0.39 is 0 Å². The average Bonchev–Trinajstić information content (AvgIpc) is 2.99. The van der Waals surface area contributed by atoms with Crippen LogP contribution in [0.1, 0.15) is 35.0 Å². The largest absolute Gasteiger partial charge is 0.497 e. The number of ether oxygens (including phenoxy) is 2. The van der Waals surface area contributed by atoms with Gasteiger partial charge in [0.25, 0.3) is 5.91 Å². The summed E-state index contributed by atoms with van der Waals surface area (Å²) in [5.74, 6) is 1.86. The lowest BCUT2D eigenvalue weighted by atomic mass is 9.96. The Morgan fingerprint density at radius 1 is 1.48 bits per heavy atom. The summed E-state index contributed by atoms with van der Waals surface area (Å²) in [4.78, 5) is 12.4. The summed E-state index contributed by atoms with van der Waals surface area (Å²) in [5.41, 5.74) is 2.57. The molecule has 0 spiro atoms. The van der Waals surface area contributed by atoms with Gasteiger partial charge in [-0.1, -0.05) is 13.0 Å². The molecule has 2 heterocycles. The monoisotopic (exact) mass is 343 g/mol. The first-order valence-corrected chi connectivity index (χ1v) is 8.72. The maximum atomic E-state index is 12.4. The number of aromatic nitrogens is 2. The van der Waals surface area contributed by atoms with Gasteiger partial charge in [0.05, 0.1) is 25.0 Å². The van der Waals surface area contributed by atoms with Crippen molar-refractivity contribution in [3.8, 4) is 11.5 Å². The van der Waals surface area contributed by atoms with Gasteiger partial charge in [-0.3, -0.25) is 9.48 Å². The van der Waals surface area contributed by atoms with E-state index >= 15 is 0 Å². The molecule has 0 unspecified atom stereocenters. The van der Waals surface area contributed by atoms with Gasteiger partial charge >= 0.3 is 0 Å². The van der Waals surface area contributed by atoms with Crippen LogP contribution in [0.3, 0.4) is 0 Å². The number of nitrogens with zero attached hydrogens (tertiary/aromatic N) is 2. The highest BCUT2D eigenvalue weighted by Crippen LogP contribution is 2.30. The molecular formula is C19H25N3O3. The maximum absolute atomic E-state index is 12.4. The molecule has 0 aliphatic carbocycles. The molecule has 1 aromatic heterocycles. The lowest BCUT2D eigenvalue weighted by molar-refractivity contribution is 0.0938. The molecule has 0 radical (unpaired) electrons. The molecule has 25 heavy (non-hydrogen) atoms. The minimum Gasteiger partial charge on any atom is -0.497 e. The van der Waals surface area contributed by atoms with Crippen molar-refractivity contribution in [1.82, 2.24) is 15.1 Å². The first-order chi connectivity index (χ1) is 12.1. The Kier molecular flexibility index (Phi) is 5.26. The van der Waals surface area contributed by atoms with E-state index in [2.05, 4.69) is 17.3 Å². The van der Waals surface area contributed by atoms with Crippen molar-refractivity contribution in [2.75, 3.05) is 20.3 Å². The number of aryl methyl sites for hydroxylation is 2. The Morgan fingerprint density at radius 2 is 2.32 bits per heavy atom. The quantitative estimate of drug-likeness (QED) is 0.875. The van der Waals surface area contributed by atoms with Gasteiger partial charge in [-0.05, 0) is 31.4 Å². The summed E-state index contributed by atoms with van der Waals surface area (Å²) in [5, 5.41) is 7.40. The number of hydrogen-bond donors (Lipinski definition) is 1. The SMILES string of the molecule is CCCn1cc(C(=O)NC[C@@H]2COc3cc(OC)ccc3C2)c(C)n1. The third-order valence-corrected chi connectivity index (χ3v) is 4.45. The molecule has 0 saturated carbocycles. The van der Waals surface area contributed by atoms with Crippen LogP contribution in [0, 0.1) is 12.8 Å². The number of benzene rings is 1. The van der Waals surface area contributed by atoms with Gasteiger partial charge in [0.1, 0.15) is 11.5 Å². The minimum atomic E-state index is -0.0691. The van der Waals surface area contributed by atoms with Crippen LogP contribution in [-0.4, -0.2) is 35.9 Å². The molecule has 1 atom stereocenters. The summed E-state index contributed by atoms with van der Waals surface area (Å²) < 4.78 is 12.9. The van der Waals surface area contributed by atoms with E-state index in [1.807, 2.05) is 36.0 Å². The molecule has 0 fully saturated rings. The molecular weight excluding hydrogens is 318 g/mol. The molecule has 1 amide bonds. The van der Waals surface area contributed by atoms with Crippen molar-refractivity contribution in [1.29, 1.82) is 0 Å². The Hall–Kier alpha value is -2.50. The highest BCUT2D eigenvalue weighted by atomic mass is 16.5. The van der Waals surface area contributed by atoms with Gasteiger partial charge in [0.2, 0.25) is 0 Å². The van der Waals surface area contributed by atoms with Gasteiger partial charge in [-0.25, -0.2) is 0 Å². The van der Waals surface area contributed by atoms with Gasteiger partial charge < -0.3 is 14.8 Å². The van der Waals surface area contributed by atoms with E-state index in [-0.39, 0.29) is 11.8 Å². The van der Waals surface area contributed by atoms with Gasteiger partial charge in [0.15, 0.2) is 0 Å². The number of amides is 1. The molecule has 1 N–H and O–H groups in total. The Balaban J connectivity index is 1.58. The van der Waals surface area contributed by atoms with Crippen molar-refractivity contribution >= 4 is 5.91 Å². The summed E-state index contributed by atoms with van der Waals surface area (Å²) in [6.07, 6.45) is 3.70. The highest BCUT2D eigenvalue weighted by molar-refractivity contribution is 5.95. The van der Waals surface area contributed by atoms with Crippen molar-refractivity contribution in [3.05, 3.63) is 41.2 Å². The van der Waals surface area contributed by atoms with Crippen LogP contribution >= 0.6 is 0 Å². The normalized spacial score (nSPS) is 16.0. The first-order valence-electron chi connectivity index (χ1n) is 8.72. The van der Waals surface area contributed by atoms with Gasteiger partial charge in [-0.15, -0.1) is 0 Å². The number of nitrogens with one attached hydrogen (secondary N) is 1. The van der Waals surface area contributed by atoms with Crippen LogP contribution in [0.25, 0.3) is 0 Å². The third-order valence-electron chi connectivity index (χ3n) is 4.45. The predicted octanol–water partition coefficient (Wildman–Crippen LogP) is 2.59. The van der Waals surface area contributed by atoms with Crippen LogP contribution < -0.4 is 14.8 Å². The number of rotatable bonds is 6. The number of hydrogen-bond acceptors (Lipinski definition) is 4. The van der Waals surface area contributed by atoms with Crippen molar-refractivity contribution in [2.24, 2.45) is 5.92 Å². The molecule has 3 rings (SSSR count). The summed E-state index contributed by atoms with van der Waals surface area (Å²) in [7, 11) is 1.65. The summed E-state index contributed by atoms with van der Waals surface area (Å²) >= 11 is 0. The maximum Gasteiger partial charge on any atom is 0.254 e. The highest BCUT2D eigenvalue weighted by Gasteiger charge is 2.22. The fraction of sp³-hybridized carbons (Fsp3) is 0.474. The second kappa shape index (κ2) is 7.59. The fourth-order valence-electron chi connectivity index (χ4n) is 3.09. The van der Waals surface area contributed by atoms with Crippen molar-refractivity contribution in [3.63, 3.8) is 0 Å².